The van der Waals surface area contributed by atoms with Crippen LogP contribution >= 0.6 is 0 Å². The molecule has 190 valence electrons. The lowest BCUT2D eigenvalue weighted by Gasteiger charge is -2.20. The number of halogens is 2. The number of aromatic nitrogens is 1. The van der Waals surface area contributed by atoms with E-state index >= 15 is 0 Å². The van der Waals surface area contributed by atoms with Crippen molar-refractivity contribution in [3.8, 4) is 0 Å². The number of rotatable bonds is 11. The Labute approximate surface area is 217 Å². The Morgan fingerprint density at radius 2 is 1.49 bits per heavy atom. The Morgan fingerprint density at radius 3 is 2.14 bits per heavy atom. The van der Waals surface area contributed by atoms with E-state index in [1.165, 1.54) is 11.6 Å². The fraction of sp³-hybridized carbons (Fsp3) is 0.219. The number of carbonyl (C=O) groups is 1. The third-order valence-corrected chi connectivity index (χ3v) is 6.36. The van der Waals surface area contributed by atoms with Crippen molar-refractivity contribution >= 4 is 17.7 Å². The van der Waals surface area contributed by atoms with Crippen LogP contribution in [0.1, 0.15) is 45.6 Å². The average Bonchev–Trinajstić information content (AvgIpc) is 3.26. The van der Waals surface area contributed by atoms with Crippen molar-refractivity contribution in [3.63, 3.8) is 0 Å². The van der Waals surface area contributed by atoms with Crippen LogP contribution in [-0.2, 0) is 19.4 Å². The van der Waals surface area contributed by atoms with Crippen LogP contribution in [0.15, 0.2) is 91.0 Å². The van der Waals surface area contributed by atoms with Crippen LogP contribution in [0.5, 0.6) is 0 Å². The van der Waals surface area contributed by atoms with Gasteiger partial charge in [0.15, 0.2) is 17.4 Å². The highest BCUT2D eigenvalue weighted by Gasteiger charge is 2.21. The lowest BCUT2D eigenvalue weighted by Crippen LogP contribution is -2.18. The largest absolute Gasteiger partial charge is 0.364 e. The van der Waals surface area contributed by atoms with E-state index in [0.29, 0.717) is 24.1 Å². The fourth-order valence-electron chi connectivity index (χ4n) is 4.50. The molecule has 0 spiro atoms. The summed E-state index contributed by atoms with van der Waals surface area (Å²) in [5.41, 5.74) is 4.61. The highest BCUT2D eigenvalue weighted by molar-refractivity contribution is 6.01. The minimum Gasteiger partial charge on any atom is -0.364 e. The van der Waals surface area contributed by atoms with Crippen molar-refractivity contribution in [1.82, 2.24) is 4.57 Å². The van der Waals surface area contributed by atoms with Crippen molar-refractivity contribution in [2.45, 2.75) is 32.2 Å². The summed E-state index contributed by atoms with van der Waals surface area (Å²) >= 11 is 0. The van der Waals surface area contributed by atoms with Crippen LogP contribution in [0.2, 0.25) is 0 Å². The molecule has 0 unspecified atom stereocenters. The third-order valence-electron chi connectivity index (χ3n) is 6.36. The maximum absolute atomic E-state index is 13.6. The molecule has 0 N–H and O–H groups in total. The monoisotopic (exact) mass is 498 g/mol. The van der Waals surface area contributed by atoms with Gasteiger partial charge < -0.3 is 9.47 Å². The summed E-state index contributed by atoms with van der Waals surface area (Å²) in [5, 5.41) is 0. The van der Waals surface area contributed by atoms with Crippen LogP contribution in [0.3, 0.4) is 0 Å². The summed E-state index contributed by atoms with van der Waals surface area (Å²) in [6.45, 7) is 0.628. The second kappa shape index (κ2) is 12.3. The van der Waals surface area contributed by atoms with E-state index in [-0.39, 0.29) is 12.2 Å². The molecule has 3 nitrogen and oxygen atoms in total. The van der Waals surface area contributed by atoms with Crippen LogP contribution < -0.4 is 4.90 Å². The van der Waals surface area contributed by atoms with Gasteiger partial charge in [-0.15, -0.1) is 0 Å². The Kier molecular flexibility index (Phi) is 8.68. The molecule has 37 heavy (non-hydrogen) atoms. The fourth-order valence-corrected chi connectivity index (χ4v) is 4.50. The molecule has 4 rings (SSSR count). The minimum absolute atomic E-state index is 0.0285. The number of nitrogens with zero attached hydrogens (tertiary/aromatic N) is 2. The highest BCUT2D eigenvalue weighted by atomic mass is 19.2. The van der Waals surface area contributed by atoms with Gasteiger partial charge >= 0.3 is 0 Å². The maximum atomic E-state index is 13.6. The van der Waals surface area contributed by atoms with E-state index < -0.39 is 11.6 Å². The molecular weight excluding hydrogens is 466 g/mol. The van der Waals surface area contributed by atoms with Gasteiger partial charge in [-0.05, 0) is 60.2 Å². The normalized spacial score (nSPS) is 11.2. The van der Waals surface area contributed by atoms with Crippen molar-refractivity contribution in [2.24, 2.45) is 0 Å². The van der Waals surface area contributed by atoms with E-state index in [9.17, 15) is 13.6 Å². The predicted octanol–water partition coefficient (Wildman–Crippen LogP) is 7.34. The van der Waals surface area contributed by atoms with Gasteiger partial charge in [0.2, 0.25) is 0 Å². The Hall–Kier alpha value is -3.99. The Morgan fingerprint density at radius 1 is 0.811 bits per heavy atom. The second-order valence-electron chi connectivity index (χ2n) is 9.37. The van der Waals surface area contributed by atoms with Crippen LogP contribution in [-0.4, -0.2) is 24.4 Å². The lowest BCUT2D eigenvalue weighted by molar-refractivity contribution is 0.0983. The van der Waals surface area contributed by atoms with Gasteiger partial charge in [-0.1, -0.05) is 72.8 Å². The number of benzene rings is 3. The van der Waals surface area contributed by atoms with Gasteiger partial charge in [0.25, 0.3) is 0 Å². The lowest BCUT2D eigenvalue weighted by atomic mass is 10.0. The molecule has 0 bridgehead atoms. The first-order chi connectivity index (χ1) is 17.9. The van der Waals surface area contributed by atoms with Crippen molar-refractivity contribution in [1.29, 1.82) is 0 Å². The molecular formula is C32H32F2N2O. The smallest absolute Gasteiger partial charge is 0.166 e. The van der Waals surface area contributed by atoms with Crippen molar-refractivity contribution in [3.05, 3.63) is 131 Å². The first-order valence-corrected chi connectivity index (χ1v) is 12.5. The van der Waals surface area contributed by atoms with Gasteiger partial charge in [0.05, 0.1) is 5.56 Å². The summed E-state index contributed by atoms with van der Waals surface area (Å²) in [6, 6.07) is 26.3. The number of aryl methyl sites for hydroxylation is 2. The molecule has 0 amide bonds. The molecule has 1 aromatic heterocycles. The van der Waals surface area contributed by atoms with Crippen molar-refractivity contribution in [2.75, 3.05) is 19.0 Å². The minimum atomic E-state index is -0.893. The molecule has 0 saturated carbocycles. The van der Waals surface area contributed by atoms with Crippen LogP contribution in [0.25, 0.3) is 6.08 Å². The summed E-state index contributed by atoms with van der Waals surface area (Å²) < 4.78 is 29.1. The van der Waals surface area contributed by atoms with Gasteiger partial charge in [-0.25, -0.2) is 8.78 Å². The van der Waals surface area contributed by atoms with Gasteiger partial charge in [0, 0.05) is 32.8 Å². The van der Waals surface area contributed by atoms with E-state index in [4.69, 9.17) is 0 Å². The second-order valence-corrected chi connectivity index (χ2v) is 9.37. The zero-order valence-electron chi connectivity index (χ0n) is 21.3. The number of Topliss-reactive ketones (excluding diaryl/α,β-unsaturated/α-hetero) is 1. The Balaban J connectivity index is 1.60. The van der Waals surface area contributed by atoms with Gasteiger partial charge in [-0.2, -0.15) is 0 Å². The first kappa shape index (κ1) is 26.1. The molecule has 0 saturated heterocycles. The highest BCUT2D eigenvalue weighted by Crippen LogP contribution is 2.29. The maximum Gasteiger partial charge on any atom is 0.166 e. The number of allylic oxidation sites excluding steroid dienone is 1. The number of carbonyl (C=O) groups excluding carboxylic acids is 1. The topological polar surface area (TPSA) is 25.2 Å². The molecule has 0 radical (unpaired) electrons. The van der Waals surface area contributed by atoms with Gasteiger partial charge in [-0.3, -0.25) is 4.79 Å². The molecule has 3 aromatic carbocycles. The first-order valence-electron chi connectivity index (χ1n) is 12.5. The molecule has 1 heterocycles. The zero-order chi connectivity index (χ0) is 26.2. The van der Waals surface area contributed by atoms with E-state index in [1.54, 1.807) is 0 Å². The number of hydrogen-bond donors (Lipinski definition) is 0. The standard InChI is InChI=1S/C32H32F2N2O/c1-35(2)32-28(31(37)20-18-25-17-19-29(33)30(34)21-25)22-27(36(32)23-26-14-7-4-8-15-26)16-10-9-13-24-11-5-3-6-12-24/h3-8,10-12,14-17,19,21-22H,9,13,18,20,23H2,1-2H3/b16-10+. The number of anilines is 1. The van der Waals surface area contributed by atoms with E-state index in [0.717, 1.165) is 42.0 Å². The molecule has 4 aromatic rings. The number of hydrogen-bond acceptors (Lipinski definition) is 2. The SMILES string of the molecule is CN(C)c1c(C(=O)CCc2ccc(F)c(F)c2)cc(/C=C/CCc2ccccc2)n1Cc1ccccc1. The molecule has 0 aliphatic heterocycles. The zero-order valence-corrected chi connectivity index (χ0v) is 21.3. The average molecular weight is 499 g/mol. The quantitative estimate of drug-likeness (QED) is 0.202. The summed E-state index contributed by atoms with van der Waals surface area (Å²) in [6.07, 6.45) is 6.62. The molecule has 0 aliphatic rings. The van der Waals surface area contributed by atoms with Crippen LogP contribution in [0.4, 0.5) is 14.6 Å². The summed E-state index contributed by atoms with van der Waals surface area (Å²) in [7, 11) is 3.87. The van der Waals surface area contributed by atoms with Crippen LogP contribution in [0, 0.1) is 11.6 Å². The van der Waals surface area contributed by atoms with E-state index in [2.05, 4.69) is 41.0 Å². The predicted molar refractivity (Wildman–Crippen MR) is 147 cm³/mol. The summed E-state index contributed by atoms with van der Waals surface area (Å²) in [4.78, 5) is 15.4. The van der Waals surface area contributed by atoms with E-state index in [1.807, 2.05) is 61.5 Å². The third kappa shape index (κ3) is 6.82. The molecule has 0 fully saturated rings. The van der Waals surface area contributed by atoms with Crippen molar-refractivity contribution < 1.29 is 13.6 Å². The Bertz CT molecular complexity index is 1360. The summed E-state index contributed by atoms with van der Waals surface area (Å²) in [5.74, 6) is -0.969. The molecule has 0 atom stereocenters. The number of ketones is 1. The molecule has 0 aliphatic carbocycles. The van der Waals surface area contributed by atoms with Gasteiger partial charge in [0.1, 0.15) is 5.82 Å². The molecule has 5 heteroatoms.